The Morgan fingerprint density at radius 3 is 2.72 bits per heavy atom. The van der Waals surface area contributed by atoms with Crippen molar-refractivity contribution in [3.8, 4) is 0 Å². The highest BCUT2D eigenvalue weighted by atomic mass is 16.6. The summed E-state index contributed by atoms with van der Waals surface area (Å²) in [6.45, 7) is 1.56. The molecule has 0 amide bonds. The van der Waals surface area contributed by atoms with Crippen molar-refractivity contribution in [2.24, 2.45) is 0 Å². The summed E-state index contributed by atoms with van der Waals surface area (Å²) >= 11 is 0. The number of aryl methyl sites for hydroxylation is 1. The van der Waals surface area contributed by atoms with Crippen LogP contribution in [0.3, 0.4) is 0 Å². The second-order valence-electron chi connectivity index (χ2n) is 4.79. The number of hydrogen-bond acceptors (Lipinski definition) is 5. The zero-order chi connectivity index (χ0) is 13.3. The highest BCUT2D eigenvalue weighted by molar-refractivity contribution is 5.56. The summed E-state index contributed by atoms with van der Waals surface area (Å²) in [5.41, 5.74) is 5.95. The molecule has 2 rings (SSSR count). The van der Waals surface area contributed by atoms with E-state index < -0.39 is 11.0 Å². The van der Waals surface area contributed by atoms with E-state index >= 15 is 0 Å². The van der Waals surface area contributed by atoms with Crippen LogP contribution >= 0.6 is 0 Å². The van der Waals surface area contributed by atoms with Crippen molar-refractivity contribution in [2.45, 2.75) is 51.2 Å². The van der Waals surface area contributed by atoms with Crippen molar-refractivity contribution in [1.29, 1.82) is 0 Å². The number of hydrogen-bond donors (Lipinski definition) is 2. The van der Waals surface area contributed by atoms with E-state index in [-0.39, 0.29) is 17.5 Å². The monoisotopic (exact) mass is 254 g/mol. The van der Waals surface area contributed by atoms with Crippen LogP contribution in [-0.4, -0.2) is 25.9 Å². The van der Waals surface area contributed by atoms with Crippen LogP contribution in [0.15, 0.2) is 0 Å². The second-order valence-corrected chi connectivity index (χ2v) is 4.79. The van der Waals surface area contributed by atoms with Gasteiger partial charge in [0.05, 0.1) is 17.1 Å². The molecule has 7 heteroatoms. The smallest absolute Gasteiger partial charge is 0.333 e. The van der Waals surface area contributed by atoms with Crippen LogP contribution in [0.1, 0.15) is 43.8 Å². The molecule has 18 heavy (non-hydrogen) atoms. The molecule has 0 aromatic carbocycles. The van der Waals surface area contributed by atoms with Gasteiger partial charge in [-0.3, -0.25) is 10.1 Å². The highest BCUT2D eigenvalue weighted by Crippen LogP contribution is 2.33. The first-order valence-electron chi connectivity index (χ1n) is 6.19. The Balaban J connectivity index is 2.38. The quantitative estimate of drug-likeness (QED) is 0.473. The molecule has 1 saturated carbocycles. The molecule has 1 fully saturated rings. The number of aliphatic hydroxyl groups is 1. The van der Waals surface area contributed by atoms with Gasteiger partial charge in [0.1, 0.15) is 5.69 Å². The van der Waals surface area contributed by atoms with Gasteiger partial charge >= 0.3 is 5.69 Å². The third-order valence-electron chi connectivity index (χ3n) is 3.53. The molecule has 2 atom stereocenters. The van der Waals surface area contributed by atoms with Crippen molar-refractivity contribution in [2.75, 3.05) is 5.73 Å². The van der Waals surface area contributed by atoms with Gasteiger partial charge in [-0.15, -0.1) is 0 Å². The number of aromatic nitrogens is 2. The zero-order valence-corrected chi connectivity index (χ0v) is 10.4. The number of nitrogens with zero attached hydrogens (tertiary/aromatic N) is 3. The molecule has 0 aliphatic heterocycles. The van der Waals surface area contributed by atoms with E-state index in [9.17, 15) is 15.2 Å². The van der Waals surface area contributed by atoms with Gasteiger partial charge in [0.25, 0.3) is 0 Å². The van der Waals surface area contributed by atoms with Crippen molar-refractivity contribution >= 4 is 11.5 Å². The molecule has 1 aromatic heterocycles. The van der Waals surface area contributed by atoms with E-state index in [2.05, 4.69) is 5.10 Å². The van der Waals surface area contributed by atoms with Crippen LogP contribution in [-0.2, 0) is 0 Å². The summed E-state index contributed by atoms with van der Waals surface area (Å²) in [4.78, 5) is 10.4. The number of nitro groups is 1. The Hall–Kier alpha value is -1.63. The molecule has 1 aliphatic carbocycles. The molecule has 1 aliphatic rings. The van der Waals surface area contributed by atoms with Crippen LogP contribution in [0.4, 0.5) is 11.5 Å². The average molecular weight is 254 g/mol. The SMILES string of the molecule is Cc1nn(C2CCCCCC2O)c(N)c1[N+](=O)[O-]. The fourth-order valence-corrected chi connectivity index (χ4v) is 2.59. The third kappa shape index (κ3) is 2.17. The van der Waals surface area contributed by atoms with Gasteiger partial charge in [-0.25, -0.2) is 4.68 Å². The van der Waals surface area contributed by atoms with E-state index in [1.807, 2.05) is 0 Å². The lowest BCUT2D eigenvalue weighted by atomic mass is 10.1. The van der Waals surface area contributed by atoms with Gasteiger partial charge in [0, 0.05) is 0 Å². The highest BCUT2D eigenvalue weighted by Gasteiger charge is 2.31. The standard InChI is InChI=1S/C11H18N4O3/c1-7-10(15(17)18)11(12)14(13-7)8-5-3-2-4-6-9(8)16/h8-9,16H,2-6,12H2,1H3. The lowest BCUT2D eigenvalue weighted by Gasteiger charge is -2.21. The Morgan fingerprint density at radius 2 is 2.11 bits per heavy atom. The van der Waals surface area contributed by atoms with Crippen molar-refractivity contribution < 1.29 is 10.0 Å². The number of nitrogen functional groups attached to an aromatic ring is 1. The van der Waals surface area contributed by atoms with Gasteiger partial charge in [-0.05, 0) is 19.8 Å². The number of rotatable bonds is 2. The molecule has 3 N–H and O–H groups in total. The maximum atomic E-state index is 10.9. The first-order valence-corrected chi connectivity index (χ1v) is 6.19. The molecular formula is C11H18N4O3. The first-order chi connectivity index (χ1) is 8.52. The van der Waals surface area contributed by atoms with E-state index in [4.69, 9.17) is 5.73 Å². The maximum absolute atomic E-state index is 10.9. The van der Waals surface area contributed by atoms with Gasteiger partial charge in [-0.1, -0.05) is 19.3 Å². The van der Waals surface area contributed by atoms with Crippen molar-refractivity contribution in [3.63, 3.8) is 0 Å². The predicted octanol–water partition coefficient (Wildman–Crippen LogP) is 1.55. The normalized spacial score (nSPS) is 24.8. The minimum atomic E-state index is -0.534. The van der Waals surface area contributed by atoms with E-state index in [1.165, 1.54) is 4.68 Å². The van der Waals surface area contributed by atoms with E-state index in [0.29, 0.717) is 12.1 Å². The summed E-state index contributed by atoms with van der Waals surface area (Å²) in [6, 6.07) is -0.250. The van der Waals surface area contributed by atoms with Gasteiger partial charge in [-0.2, -0.15) is 5.10 Å². The Labute approximate surface area is 105 Å². The van der Waals surface area contributed by atoms with Gasteiger partial charge < -0.3 is 10.8 Å². The fourth-order valence-electron chi connectivity index (χ4n) is 2.59. The summed E-state index contributed by atoms with van der Waals surface area (Å²) in [6.07, 6.45) is 3.93. The summed E-state index contributed by atoms with van der Waals surface area (Å²) in [5, 5.41) is 25.1. The van der Waals surface area contributed by atoms with Crippen molar-refractivity contribution in [3.05, 3.63) is 15.8 Å². The Kier molecular flexibility index (Phi) is 3.51. The maximum Gasteiger partial charge on any atom is 0.333 e. The fraction of sp³-hybridized carbons (Fsp3) is 0.727. The van der Waals surface area contributed by atoms with Gasteiger partial charge in [0.2, 0.25) is 5.82 Å². The lowest BCUT2D eigenvalue weighted by molar-refractivity contribution is -0.384. The minimum Gasteiger partial charge on any atom is -0.391 e. The topological polar surface area (TPSA) is 107 Å². The van der Waals surface area contributed by atoms with Crippen LogP contribution in [0.5, 0.6) is 0 Å². The van der Waals surface area contributed by atoms with Crippen LogP contribution in [0.25, 0.3) is 0 Å². The predicted molar refractivity (Wildman–Crippen MR) is 66.2 cm³/mol. The molecule has 0 bridgehead atoms. The van der Waals surface area contributed by atoms with E-state index in [1.54, 1.807) is 6.92 Å². The molecule has 100 valence electrons. The molecule has 0 spiro atoms. The summed E-state index contributed by atoms with van der Waals surface area (Å²) < 4.78 is 1.43. The summed E-state index contributed by atoms with van der Waals surface area (Å²) in [7, 11) is 0. The number of anilines is 1. The molecule has 0 saturated heterocycles. The number of aliphatic hydroxyl groups excluding tert-OH is 1. The molecule has 1 aromatic rings. The first kappa shape index (κ1) is 12.8. The van der Waals surface area contributed by atoms with E-state index in [0.717, 1.165) is 25.7 Å². The molecule has 1 heterocycles. The summed E-state index contributed by atoms with van der Waals surface area (Å²) in [5.74, 6) is 0.0449. The zero-order valence-electron chi connectivity index (χ0n) is 10.4. The lowest BCUT2D eigenvalue weighted by Crippen LogP contribution is -2.25. The van der Waals surface area contributed by atoms with Crippen LogP contribution in [0, 0.1) is 17.0 Å². The molecule has 0 radical (unpaired) electrons. The van der Waals surface area contributed by atoms with Gasteiger partial charge in [0.15, 0.2) is 0 Å². The largest absolute Gasteiger partial charge is 0.391 e. The molecule has 2 unspecified atom stereocenters. The number of nitrogens with two attached hydrogens (primary N) is 1. The minimum absolute atomic E-state index is 0.0449. The van der Waals surface area contributed by atoms with Crippen LogP contribution < -0.4 is 5.73 Å². The molecule has 7 nitrogen and oxygen atoms in total. The third-order valence-corrected chi connectivity index (χ3v) is 3.53. The molecular weight excluding hydrogens is 236 g/mol. The average Bonchev–Trinajstić information content (AvgIpc) is 2.47. The Morgan fingerprint density at radius 1 is 1.44 bits per heavy atom. The van der Waals surface area contributed by atoms with Crippen molar-refractivity contribution in [1.82, 2.24) is 9.78 Å². The second kappa shape index (κ2) is 4.93. The Bertz CT molecular complexity index is 457. The van der Waals surface area contributed by atoms with Crippen LogP contribution in [0.2, 0.25) is 0 Å².